The van der Waals surface area contributed by atoms with Crippen LogP contribution in [0, 0.1) is 13.8 Å². The molecule has 28 heavy (non-hydrogen) atoms. The topological polar surface area (TPSA) is 62.5 Å². The molecule has 0 fully saturated rings. The number of nitrogens with one attached hydrogen (secondary N) is 2. The number of benzene rings is 1. The van der Waals surface area contributed by atoms with Crippen molar-refractivity contribution in [3.8, 4) is 0 Å². The van der Waals surface area contributed by atoms with Gasteiger partial charge in [0, 0.05) is 37.4 Å². The van der Waals surface area contributed by atoms with Gasteiger partial charge in [0.2, 0.25) is 0 Å². The van der Waals surface area contributed by atoms with Crippen LogP contribution in [0.3, 0.4) is 0 Å². The molecule has 1 aromatic carbocycles. The van der Waals surface area contributed by atoms with E-state index in [0.29, 0.717) is 6.54 Å². The van der Waals surface area contributed by atoms with Gasteiger partial charge in [-0.2, -0.15) is 0 Å². The molecule has 0 atom stereocenters. The molecule has 0 radical (unpaired) electrons. The summed E-state index contributed by atoms with van der Waals surface area (Å²) in [7, 11) is 0. The third-order valence-corrected chi connectivity index (χ3v) is 5.59. The van der Waals surface area contributed by atoms with Gasteiger partial charge >= 0.3 is 0 Å². The van der Waals surface area contributed by atoms with Gasteiger partial charge in [-0.1, -0.05) is 30.3 Å². The average Bonchev–Trinajstić information content (AvgIpc) is 3.32. The highest BCUT2D eigenvalue weighted by Gasteiger charge is 2.04. The second-order valence-corrected chi connectivity index (χ2v) is 7.94. The van der Waals surface area contributed by atoms with Crippen molar-refractivity contribution in [1.29, 1.82) is 0 Å². The molecule has 0 saturated heterocycles. The molecule has 2 aromatic heterocycles. The molecule has 0 amide bonds. The molecular formula is C22H28N4OS. The number of thiazole rings is 1. The maximum absolute atomic E-state index is 5.40. The largest absolute Gasteiger partial charge is 0.469 e. The first-order valence-electron chi connectivity index (χ1n) is 9.72. The minimum atomic E-state index is 0.716. The first kappa shape index (κ1) is 20.1. The lowest BCUT2D eigenvalue weighted by Crippen LogP contribution is -2.39. The summed E-state index contributed by atoms with van der Waals surface area (Å²) in [6, 6.07) is 14.4. The lowest BCUT2D eigenvalue weighted by Gasteiger charge is -2.12. The van der Waals surface area contributed by atoms with Crippen molar-refractivity contribution in [3.63, 3.8) is 0 Å². The van der Waals surface area contributed by atoms with Crippen molar-refractivity contribution in [1.82, 2.24) is 15.6 Å². The normalized spacial score (nSPS) is 11.6. The molecule has 0 saturated carbocycles. The van der Waals surface area contributed by atoms with Crippen LogP contribution in [0.25, 0.3) is 0 Å². The van der Waals surface area contributed by atoms with Crippen LogP contribution in [0.5, 0.6) is 0 Å². The fraction of sp³-hybridized carbons (Fsp3) is 0.364. The minimum absolute atomic E-state index is 0.716. The quantitative estimate of drug-likeness (QED) is 0.425. The van der Waals surface area contributed by atoms with Crippen LogP contribution in [0.1, 0.15) is 26.9 Å². The summed E-state index contributed by atoms with van der Waals surface area (Å²) < 4.78 is 5.40. The molecule has 0 aliphatic carbocycles. The van der Waals surface area contributed by atoms with E-state index in [2.05, 4.69) is 53.7 Å². The van der Waals surface area contributed by atoms with E-state index in [-0.39, 0.29) is 0 Å². The Morgan fingerprint density at radius 2 is 1.79 bits per heavy atom. The molecule has 148 valence electrons. The van der Waals surface area contributed by atoms with Crippen LogP contribution in [0.15, 0.2) is 58.1 Å². The highest BCUT2D eigenvalue weighted by molar-refractivity contribution is 7.11. The lowest BCUT2D eigenvalue weighted by atomic mass is 10.1. The van der Waals surface area contributed by atoms with E-state index in [4.69, 9.17) is 9.41 Å². The van der Waals surface area contributed by atoms with Crippen molar-refractivity contribution >= 4 is 17.3 Å². The fourth-order valence-electron chi connectivity index (χ4n) is 2.81. The zero-order valence-electron chi connectivity index (χ0n) is 16.6. The van der Waals surface area contributed by atoms with Crippen LogP contribution in [0.2, 0.25) is 0 Å². The Bertz CT molecular complexity index is 837. The number of furan rings is 1. The Kier molecular flexibility index (Phi) is 7.67. The molecule has 2 N–H and O–H groups in total. The molecule has 0 bridgehead atoms. The van der Waals surface area contributed by atoms with Crippen LogP contribution in [-0.4, -0.2) is 30.6 Å². The van der Waals surface area contributed by atoms with E-state index in [1.54, 1.807) is 17.6 Å². The van der Waals surface area contributed by atoms with Crippen molar-refractivity contribution in [3.05, 3.63) is 75.6 Å². The maximum atomic E-state index is 5.40. The Hall–Kier alpha value is -2.60. The van der Waals surface area contributed by atoms with E-state index in [1.165, 1.54) is 10.4 Å². The first-order valence-corrected chi connectivity index (χ1v) is 10.5. The van der Waals surface area contributed by atoms with Gasteiger partial charge in [-0.05, 0) is 38.0 Å². The molecule has 2 heterocycles. The summed E-state index contributed by atoms with van der Waals surface area (Å²) in [4.78, 5) is 10.6. The standard InChI is InChI=1S/C22H28N4OS/c1-17-18(2)28-21(26-17)12-15-25-22(24-14-11-20-9-6-16-27-20)23-13-10-19-7-4-3-5-8-19/h3-9,16H,10-15H2,1-2H3,(H2,23,24,25). The monoisotopic (exact) mass is 396 g/mol. The van der Waals surface area contributed by atoms with Crippen LogP contribution in [0.4, 0.5) is 0 Å². The summed E-state index contributed by atoms with van der Waals surface area (Å²) in [5.41, 5.74) is 2.44. The SMILES string of the molecule is Cc1nc(CCN=C(NCCc2ccccc2)NCCc2ccco2)sc1C. The number of hydrogen-bond acceptors (Lipinski definition) is 4. The fourth-order valence-corrected chi connectivity index (χ4v) is 3.74. The minimum Gasteiger partial charge on any atom is -0.469 e. The summed E-state index contributed by atoms with van der Waals surface area (Å²) in [5, 5.41) is 8.00. The summed E-state index contributed by atoms with van der Waals surface area (Å²) >= 11 is 1.76. The molecule has 0 aliphatic rings. The van der Waals surface area contributed by atoms with Crippen LogP contribution < -0.4 is 10.6 Å². The zero-order chi connectivity index (χ0) is 19.6. The molecule has 5 nitrogen and oxygen atoms in total. The lowest BCUT2D eigenvalue weighted by molar-refractivity contribution is 0.506. The number of aromatic nitrogens is 1. The van der Waals surface area contributed by atoms with Gasteiger partial charge in [0.25, 0.3) is 0 Å². The number of rotatable bonds is 9. The number of hydrogen-bond donors (Lipinski definition) is 2. The van der Waals surface area contributed by atoms with E-state index in [0.717, 1.165) is 54.8 Å². The second kappa shape index (κ2) is 10.7. The Balaban J connectivity index is 1.51. The van der Waals surface area contributed by atoms with Crippen molar-refractivity contribution in [2.24, 2.45) is 4.99 Å². The molecule has 0 spiro atoms. The highest BCUT2D eigenvalue weighted by atomic mass is 32.1. The van der Waals surface area contributed by atoms with Gasteiger partial charge in [-0.3, -0.25) is 4.99 Å². The Morgan fingerprint density at radius 3 is 2.46 bits per heavy atom. The van der Waals surface area contributed by atoms with Gasteiger partial charge in [0.1, 0.15) is 5.76 Å². The van der Waals surface area contributed by atoms with Gasteiger partial charge in [-0.25, -0.2) is 4.98 Å². The third-order valence-electron chi connectivity index (χ3n) is 4.46. The maximum Gasteiger partial charge on any atom is 0.191 e. The molecule has 6 heteroatoms. The highest BCUT2D eigenvalue weighted by Crippen LogP contribution is 2.16. The van der Waals surface area contributed by atoms with Crippen LogP contribution in [-0.2, 0) is 19.3 Å². The molecule has 3 aromatic rings. The second-order valence-electron chi connectivity index (χ2n) is 6.65. The first-order chi connectivity index (χ1) is 13.7. The number of aliphatic imine (C=N–C) groups is 1. The Labute approximate surface area is 170 Å². The summed E-state index contributed by atoms with van der Waals surface area (Å²) in [6.07, 6.45) is 4.37. The van der Waals surface area contributed by atoms with E-state index in [1.807, 2.05) is 18.2 Å². The Morgan fingerprint density at radius 1 is 1.00 bits per heavy atom. The van der Waals surface area contributed by atoms with Gasteiger partial charge in [0.05, 0.1) is 17.0 Å². The molecule has 0 aliphatic heterocycles. The van der Waals surface area contributed by atoms with E-state index >= 15 is 0 Å². The van der Waals surface area contributed by atoms with Crippen molar-refractivity contribution in [2.45, 2.75) is 33.1 Å². The van der Waals surface area contributed by atoms with Gasteiger partial charge in [-0.15, -0.1) is 11.3 Å². The van der Waals surface area contributed by atoms with E-state index in [9.17, 15) is 0 Å². The third kappa shape index (κ3) is 6.53. The smallest absolute Gasteiger partial charge is 0.191 e. The molecular weight excluding hydrogens is 368 g/mol. The predicted octanol–water partition coefficient (Wildman–Crippen LogP) is 3.92. The van der Waals surface area contributed by atoms with Crippen LogP contribution >= 0.6 is 11.3 Å². The predicted molar refractivity (Wildman–Crippen MR) is 116 cm³/mol. The molecule has 3 rings (SSSR count). The van der Waals surface area contributed by atoms with Crippen molar-refractivity contribution < 1.29 is 4.42 Å². The van der Waals surface area contributed by atoms with Gasteiger partial charge < -0.3 is 15.1 Å². The zero-order valence-corrected chi connectivity index (χ0v) is 17.4. The van der Waals surface area contributed by atoms with Crippen molar-refractivity contribution in [2.75, 3.05) is 19.6 Å². The number of aryl methyl sites for hydroxylation is 2. The van der Waals surface area contributed by atoms with E-state index < -0.39 is 0 Å². The average molecular weight is 397 g/mol. The van der Waals surface area contributed by atoms with Gasteiger partial charge in [0.15, 0.2) is 5.96 Å². The number of nitrogens with zero attached hydrogens (tertiary/aromatic N) is 2. The molecule has 0 unspecified atom stereocenters. The number of guanidine groups is 1. The summed E-state index contributed by atoms with van der Waals surface area (Å²) in [6.45, 7) is 6.51. The summed E-state index contributed by atoms with van der Waals surface area (Å²) in [5.74, 6) is 1.82.